The first-order valence-corrected chi connectivity index (χ1v) is 13.2. The number of likely N-dealkylation sites (tertiary alicyclic amines) is 1. The van der Waals surface area contributed by atoms with Gasteiger partial charge in [0.25, 0.3) is 5.91 Å². The molecule has 192 valence electrons. The Morgan fingerprint density at radius 1 is 1.03 bits per heavy atom. The maximum absolute atomic E-state index is 14.0. The number of amides is 1. The number of piperidine rings is 1. The number of hydrogen-bond donors (Lipinski definition) is 0. The molecule has 1 heterocycles. The van der Waals surface area contributed by atoms with E-state index < -0.39 is 0 Å². The topological polar surface area (TPSA) is 23.6 Å². The lowest BCUT2D eigenvalue weighted by Gasteiger charge is -2.38. The molecule has 1 aliphatic heterocycles. The molecule has 0 atom stereocenters. The minimum absolute atomic E-state index is 0.0963. The number of aryl methyl sites for hydroxylation is 2. The molecule has 0 aromatic heterocycles. The van der Waals surface area contributed by atoms with Crippen LogP contribution in [0.5, 0.6) is 0 Å². The molecule has 0 radical (unpaired) electrons. The van der Waals surface area contributed by atoms with Crippen molar-refractivity contribution in [2.75, 3.05) is 18.0 Å². The summed E-state index contributed by atoms with van der Waals surface area (Å²) in [4.78, 5) is 17.7. The summed E-state index contributed by atoms with van der Waals surface area (Å²) in [6.45, 7) is 12.7. The Hall–Kier alpha value is -3.66. The average molecular weight is 497 g/mol. The molecule has 3 aromatic rings. The Balaban J connectivity index is 1.51. The minimum atomic E-state index is -0.232. The first-order chi connectivity index (χ1) is 17.9. The van der Waals surface area contributed by atoms with Crippen LogP contribution in [0.25, 0.3) is 6.08 Å². The first-order valence-electron chi connectivity index (χ1n) is 13.2. The third kappa shape index (κ3) is 6.19. The molecule has 1 saturated heterocycles. The molecule has 4 rings (SSSR count). The highest BCUT2D eigenvalue weighted by molar-refractivity contribution is 5.98. The third-order valence-corrected chi connectivity index (χ3v) is 7.31. The van der Waals surface area contributed by atoms with E-state index in [1.54, 1.807) is 12.1 Å². The van der Waals surface area contributed by atoms with Crippen molar-refractivity contribution in [2.24, 2.45) is 5.92 Å². The predicted octanol–water partition coefficient (Wildman–Crippen LogP) is 7.94. The number of nitrogens with zero attached hydrogens (tertiary/aromatic N) is 2. The van der Waals surface area contributed by atoms with Gasteiger partial charge in [-0.15, -0.1) is 0 Å². The van der Waals surface area contributed by atoms with Crippen molar-refractivity contribution in [2.45, 2.75) is 46.6 Å². The zero-order chi connectivity index (χ0) is 26.4. The fraction of sp³-hybridized carbons (Fsp3) is 0.303. The third-order valence-electron chi connectivity index (χ3n) is 7.31. The van der Waals surface area contributed by atoms with E-state index in [4.69, 9.17) is 0 Å². The van der Waals surface area contributed by atoms with Gasteiger partial charge in [0.15, 0.2) is 0 Å². The van der Waals surface area contributed by atoms with Gasteiger partial charge in [-0.25, -0.2) is 4.39 Å². The molecule has 3 nitrogen and oxygen atoms in total. The molecule has 0 spiro atoms. The van der Waals surface area contributed by atoms with Gasteiger partial charge in [-0.1, -0.05) is 68.1 Å². The molecule has 1 amide bonds. The molecule has 0 N–H and O–H groups in total. The summed E-state index contributed by atoms with van der Waals surface area (Å²) in [5.74, 6) is 0.109. The lowest BCUT2D eigenvalue weighted by Crippen LogP contribution is -2.41. The van der Waals surface area contributed by atoms with Gasteiger partial charge in [0.05, 0.1) is 0 Å². The van der Waals surface area contributed by atoms with Crippen LogP contribution in [0.1, 0.15) is 58.8 Å². The standard InChI is InChI=1S/C33H37FN2O/c1-5-6-15-30-24(2)12-9-16-31(30)33(37)35-20-18-28(19-21-35)26(4)36(32-17-8-7-11-25(32)3)23-27-13-10-14-29(34)22-27/h6-17,22,28H,4-5,18-21,23H2,1-3H3/b15-6-. The number of carbonyl (C=O) groups excluding carboxylic acids is 1. The van der Waals surface area contributed by atoms with Crippen LogP contribution in [-0.2, 0) is 6.54 Å². The SMILES string of the molecule is C=C(C1CCN(C(=O)c2cccc(C)c2/C=C\CC)CC1)N(Cc1cccc(F)c1)c1ccccc1C. The van der Waals surface area contributed by atoms with Crippen molar-refractivity contribution in [1.29, 1.82) is 0 Å². The van der Waals surface area contributed by atoms with E-state index in [9.17, 15) is 9.18 Å². The van der Waals surface area contributed by atoms with E-state index in [-0.39, 0.29) is 17.6 Å². The highest BCUT2D eigenvalue weighted by Gasteiger charge is 2.29. The highest BCUT2D eigenvalue weighted by atomic mass is 19.1. The minimum Gasteiger partial charge on any atom is -0.341 e. The fourth-order valence-corrected chi connectivity index (χ4v) is 5.16. The largest absolute Gasteiger partial charge is 0.341 e. The summed E-state index contributed by atoms with van der Waals surface area (Å²) in [6, 6.07) is 21.0. The van der Waals surface area contributed by atoms with Crippen molar-refractivity contribution in [3.63, 3.8) is 0 Å². The maximum atomic E-state index is 14.0. The molecule has 37 heavy (non-hydrogen) atoms. The lowest BCUT2D eigenvalue weighted by molar-refractivity contribution is 0.0701. The summed E-state index contributed by atoms with van der Waals surface area (Å²) < 4.78 is 14.0. The van der Waals surface area contributed by atoms with Gasteiger partial charge in [-0.2, -0.15) is 0 Å². The van der Waals surface area contributed by atoms with Crippen LogP contribution < -0.4 is 4.90 Å². The van der Waals surface area contributed by atoms with Crippen LogP contribution in [0.4, 0.5) is 10.1 Å². The van der Waals surface area contributed by atoms with E-state index >= 15 is 0 Å². The van der Waals surface area contributed by atoms with Crippen LogP contribution in [0.3, 0.4) is 0 Å². The second-order valence-corrected chi connectivity index (χ2v) is 9.91. The Morgan fingerprint density at radius 3 is 2.43 bits per heavy atom. The molecule has 1 aliphatic rings. The number of anilines is 1. The molecule has 3 aromatic carbocycles. The molecular weight excluding hydrogens is 459 g/mol. The Bertz CT molecular complexity index is 1290. The van der Waals surface area contributed by atoms with Crippen molar-refractivity contribution in [3.8, 4) is 0 Å². The number of hydrogen-bond acceptors (Lipinski definition) is 2. The van der Waals surface area contributed by atoms with E-state index in [0.717, 1.165) is 58.5 Å². The van der Waals surface area contributed by atoms with Gasteiger partial charge < -0.3 is 9.80 Å². The van der Waals surface area contributed by atoms with E-state index in [0.29, 0.717) is 19.6 Å². The number of carbonyl (C=O) groups is 1. The molecule has 4 heteroatoms. The summed E-state index contributed by atoms with van der Waals surface area (Å²) in [5, 5.41) is 0. The van der Waals surface area contributed by atoms with Crippen LogP contribution >= 0.6 is 0 Å². The van der Waals surface area contributed by atoms with Gasteiger partial charge in [0, 0.05) is 42.5 Å². The lowest BCUT2D eigenvalue weighted by atomic mass is 9.91. The molecule has 0 bridgehead atoms. The van der Waals surface area contributed by atoms with Crippen LogP contribution in [0.15, 0.2) is 85.1 Å². The van der Waals surface area contributed by atoms with Crippen molar-refractivity contribution >= 4 is 17.7 Å². The highest BCUT2D eigenvalue weighted by Crippen LogP contribution is 2.33. The van der Waals surface area contributed by atoms with E-state index in [1.807, 2.05) is 35.2 Å². The normalized spacial score (nSPS) is 14.2. The zero-order valence-electron chi connectivity index (χ0n) is 22.2. The second kappa shape index (κ2) is 12.1. The van der Waals surface area contributed by atoms with E-state index in [1.165, 1.54) is 6.07 Å². The van der Waals surface area contributed by atoms with Crippen molar-refractivity contribution in [3.05, 3.63) is 119 Å². The van der Waals surface area contributed by atoms with Gasteiger partial charge in [-0.3, -0.25) is 4.79 Å². The number of para-hydroxylation sites is 1. The monoisotopic (exact) mass is 496 g/mol. The summed E-state index contributed by atoms with van der Waals surface area (Å²) >= 11 is 0. The smallest absolute Gasteiger partial charge is 0.254 e. The maximum Gasteiger partial charge on any atom is 0.254 e. The first kappa shape index (κ1) is 26.4. The Morgan fingerprint density at radius 2 is 1.73 bits per heavy atom. The molecular formula is C33H37FN2O. The Labute approximate surface area is 220 Å². The van der Waals surface area contributed by atoms with Gasteiger partial charge >= 0.3 is 0 Å². The number of benzene rings is 3. The van der Waals surface area contributed by atoms with Crippen LogP contribution in [-0.4, -0.2) is 23.9 Å². The van der Waals surface area contributed by atoms with Crippen LogP contribution in [0, 0.1) is 25.6 Å². The van der Waals surface area contributed by atoms with Gasteiger partial charge in [0.2, 0.25) is 0 Å². The molecule has 0 aliphatic carbocycles. The molecule has 1 fully saturated rings. The van der Waals surface area contributed by atoms with Crippen molar-refractivity contribution < 1.29 is 9.18 Å². The summed E-state index contributed by atoms with van der Waals surface area (Å²) in [6.07, 6.45) is 6.81. The molecule has 0 unspecified atom stereocenters. The second-order valence-electron chi connectivity index (χ2n) is 9.91. The summed E-state index contributed by atoms with van der Waals surface area (Å²) in [5.41, 5.74) is 7.07. The van der Waals surface area contributed by atoms with Gasteiger partial charge in [-0.05, 0) is 79.6 Å². The van der Waals surface area contributed by atoms with E-state index in [2.05, 4.69) is 62.6 Å². The number of halogens is 1. The van der Waals surface area contributed by atoms with Crippen LogP contribution in [0.2, 0.25) is 0 Å². The zero-order valence-corrected chi connectivity index (χ0v) is 22.2. The summed E-state index contributed by atoms with van der Waals surface area (Å²) in [7, 11) is 0. The molecule has 0 saturated carbocycles. The van der Waals surface area contributed by atoms with Gasteiger partial charge in [0.1, 0.15) is 5.82 Å². The number of rotatable bonds is 8. The Kier molecular flexibility index (Phi) is 8.60. The average Bonchev–Trinajstić information content (AvgIpc) is 2.91. The van der Waals surface area contributed by atoms with Crippen molar-refractivity contribution in [1.82, 2.24) is 4.90 Å². The quantitative estimate of drug-likeness (QED) is 0.316. The predicted molar refractivity (Wildman–Crippen MR) is 152 cm³/mol. The number of allylic oxidation sites excluding steroid dienone is 2. The fourth-order valence-electron chi connectivity index (χ4n) is 5.16.